The fraction of sp³-hybridized carbons (Fsp3) is 0.226. The highest BCUT2D eigenvalue weighted by Crippen LogP contribution is 2.44. The first-order valence-electron chi connectivity index (χ1n) is 12.2. The molecule has 0 aliphatic heterocycles. The summed E-state index contributed by atoms with van der Waals surface area (Å²) in [7, 11) is 2.14. The Morgan fingerprint density at radius 3 is 2.24 bits per heavy atom. The van der Waals surface area contributed by atoms with Gasteiger partial charge in [0.15, 0.2) is 5.52 Å². The molecule has 0 fully saturated rings. The van der Waals surface area contributed by atoms with E-state index in [2.05, 4.69) is 98.3 Å². The van der Waals surface area contributed by atoms with Gasteiger partial charge in [-0.25, -0.2) is 4.57 Å². The molecule has 3 aromatic heterocycles. The van der Waals surface area contributed by atoms with Crippen molar-refractivity contribution in [1.82, 2.24) is 9.38 Å². The second kappa shape index (κ2) is 6.66. The van der Waals surface area contributed by atoms with Crippen molar-refractivity contribution in [3.05, 3.63) is 77.6 Å². The van der Waals surface area contributed by atoms with E-state index < -0.39 is 0 Å². The van der Waals surface area contributed by atoms with Gasteiger partial charge in [0.1, 0.15) is 5.52 Å². The molecule has 0 radical (unpaired) electrons. The molecule has 7 rings (SSSR count). The predicted octanol–water partition coefficient (Wildman–Crippen LogP) is 7.18. The fourth-order valence-electron chi connectivity index (χ4n) is 6.42. The number of nitrogens with zero attached hydrogens (tertiary/aromatic N) is 3. The maximum absolute atomic E-state index is 4.94. The van der Waals surface area contributed by atoms with Crippen LogP contribution in [0.2, 0.25) is 0 Å². The van der Waals surface area contributed by atoms with E-state index in [1.807, 2.05) is 6.33 Å². The molecule has 0 N–H and O–H groups in total. The van der Waals surface area contributed by atoms with E-state index in [4.69, 9.17) is 4.98 Å². The summed E-state index contributed by atoms with van der Waals surface area (Å²) in [5.74, 6) is 0.574. The van der Waals surface area contributed by atoms with Crippen molar-refractivity contribution in [2.24, 2.45) is 13.0 Å². The Labute approximate surface area is 198 Å². The summed E-state index contributed by atoms with van der Waals surface area (Å²) in [6.45, 7) is 9.19. The van der Waals surface area contributed by atoms with E-state index in [1.165, 1.54) is 71.1 Å². The first kappa shape index (κ1) is 19.7. The van der Waals surface area contributed by atoms with Gasteiger partial charge in [-0.15, -0.1) is 0 Å². The van der Waals surface area contributed by atoms with Crippen molar-refractivity contribution in [1.29, 1.82) is 0 Å². The van der Waals surface area contributed by atoms with Gasteiger partial charge < -0.3 is 4.40 Å². The number of para-hydroxylation sites is 1. The zero-order valence-electron chi connectivity index (χ0n) is 20.4. The van der Waals surface area contributed by atoms with Gasteiger partial charge in [0.2, 0.25) is 0 Å². The van der Waals surface area contributed by atoms with Crippen LogP contribution in [0.4, 0.5) is 0 Å². The number of benzene rings is 4. The highest BCUT2D eigenvalue weighted by atomic mass is 15.0. The van der Waals surface area contributed by atoms with Crippen molar-refractivity contribution in [3.63, 3.8) is 0 Å². The molecule has 3 heteroatoms. The number of fused-ring (bicyclic) bond motifs is 7. The Kier molecular flexibility index (Phi) is 3.87. The zero-order chi connectivity index (χ0) is 23.3. The normalized spacial score (nSPS) is 12.6. The van der Waals surface area contributed by atoms with Gasteiger partial charge in [0.05, 0.1) is 34.4 Å². The second-order valence-corrected chi connectivity index (χ2v) is 10.3. The molecule has 0 saturated heterocycles. The second-order valence-electron chi connectivity index (χ2n) is 10.3. The van der Waals surface area contributed by atoms with Crippen molar-refractivity contribution in [2.45, 2.75) is 34.1 Å². The Hall–Kier alpha value is -3.72. The van der Waals surface area contributed by atoms with E-state index in [9.17, 15) is 0 Å². The van der Waals surface area contributed by atoms with Gasteiger partial charge in [0, 0.05) is 10.8 Å². The molecule has 0 bridgehead atoms. The molecular formula is C31H28N3+. The van der Waals surface area contributed by atoms with Crippen LogP contribution >= 0.6 is 0 Å². The van der Waals surface area contributed by atoms with Crippen LogP contribution in [0, 0.1) is 19.8 Å². The minimum atomic E-state index is 0.574. The maximum Gasteiger partial charge on any atom is 0.287 e. The quantitative estimate of drug-likeness (QED) is 0.158. The molecule has 3 nitrogen and oxygen atoms in total. The number of aryl methyl sites for hydroxylation is 3. The van der Waals surface area contributed by atoms with E-state index in [0.29, 0.717) is 5.92 Å². The number of aromatic nitrogens is 3. The molecule has 34 heavy (non-hydrogen) atoms. The number of pyridine rings is 1. The monoisotopic (exact) mass is 442 g/mol. The van der Waals surface area contributed by atoms with Gasteiger partial charge in [-0.1, -0.05) is 56.3 Å². The van der Waals surface area contributed by atoms with Crippen LogP contribution in [0.25, 0.3) is 59.9 Å². The number of hydrogen-bond acceptors (Lipinski definition) is 1. The first-order valence-corrected chi connectivity index (χ1v) is 12.2. The standard InChI is InChI=1S/C31H28N3/c1-17(2)14-20-15-24-28-30(33(5)16-32-24)26-18(3)21-10-6-7-11-22(21)19(4)29(26)34-25-13-9-8-12-23(25)27(20)31(28)34/h6-13,15-17H,14H2,1-5H3/q+1. The Bertz CT molecular complexity index is 1940. The third-order valence-corrected chi connectivity index (χ3v) is 7.75. The van der Waals surface area contributed by atoms with Crippen LogP contribution in [0.15, 0.2) is 60.9 Å². The highest BCUT2D eigenvalue weighted by molar-refractivity contribution is 6.29. The van der Waals surface area contributed by atoms with E-state index in [0.717, 1.165) is 11.9 Å². The van der Waals surface area contributed by atoms with Crippen molar-refractivity contribution >= 4 is 59.9 Å². The highest BCUT2D eigenvalue weighted by Gasteiger charge is 2.27. The lowest BCUT2D eigenvalue weighted by molar-refractivity contribution is -0.646. The summed E-state index contributed by atoms with van der Waals surface area (Å²) in [5, 5.41) is 8.00. The van der Waals surface area contributed by atoms with Crippen molar-refractivity contribution in [3.8, 4) is 0 Å². The lowest BCUT2D eigenvalue weighted by atomic mass is 9.91. The van der Waals surface area contributed by atoms with Crippen LogP contribution in [0.1, 0.15) is 30.5 Å². The predicted molar refractivity (Wildman–Crippen MR) is 143 cm³/mol. The minimum absolute atomic E-state index is 0.574. The van der Waals surface area contributed by atoms with Crippen LogP contribution in [-0.4, -0.2) is 9.38 Å². The van der Waals surface area contributed by atoms with Crippen molar-refractivity contribution < 1.29 is 4.57 Å². The summed E-state index contributed by atoms with van der Waals surface area (Å²) < 4.78 is 4.78. The molecule has 0 unspecified atom stereocenters. The zero-order valence-corrected chi connectivity index (χ0v) is 20.4. The molecule has 0 spiro atoms. The van der Waals surface area contributed by atoms with Crippen LogP contribution < -0.4 is 4.57 Å². The third kappa shape index (κ3) is 2.32. The lowest BCUT2D eigenvalue weighted by Crippen LogP contribution is -2.30. The smallest absolute Gasteiger partial charge is 0.287 e. The van der Waals surface area contributed by atoms with Gasteiger partial charge in [0.25, 0.3) is 6.33 Å². The number of rotatable bonds is 2. The molecule has 3 heterocycles. The molecular weight excluding hydrogens is 414 g/mol. The summed E-state index contributed by atoms with van der Waals surface area (Å²) in [5.41, 5.74) is 10.4. The Balaban J connectivity index is 1.94. The van der Waals surface area contributed by atoms with Gasteiger partial charge in [-0.05, 0) is 70.8 Å². The van der Waals surface area contributed by atoms with E-state index in [-0.39, 0.29) is 0 Å². The Morgan fingerprint density at radius 2 is 1.50 bits per heavy atom. The van der Waals surface area contributed by atoms with E-state index in [1.54, 1.807) is 0 Å². The molecule has 4 aromatic carbocycles. The maximum atomic E-state index is 4.94. The molecule has 7 aromatic rings. The summed E-state index contributed by atoms with van der Waals surface area (Å²) in [4.78, 5) is 4.94. The molecule has 0 aliphatic rings. The minimum Gasteiger partial charge on any atom is -0.307 e. The molecule has 0 amide bonds. The Morgan fingerprint density at radius 1 is 0.824 bits per heavy atom. The molecule has 0 aliphatic carbocycles. The molecule has 0 saturated carbocycles. The molecule has 166 valence electrons. The number of hydrogen-bond donors (Lipinski definition) is 0. The first-order chi connectivity index (χ1) is 16.5. The van der Waals surface area contributed by atoms with Gasteiger partial charge in [-0.3, -0.25) is 0 Å². The average Bonchev–Trinajstić information content (AvgIpc) is 3.18. The van der Waals surface area contributed by atoms with E-state index >= 15 is 0 Å². The topological polar surface area (TPSA) is 21.2 Å². The van der Waals surface area contributed by atoms with Crippen molar-refractivity contribution in [2.75, 3.05) is 0 Å². The average molecular weight is 443 g/mol. The third-order valence-electron chi connectivity index (χ3n) is 7.75. The summed E-state index contributed by atoms with van der Waals surface area (Å²) in [6.07, 6.45) is 3.04. The summed E-state index contributed by atoms with van der Waals surface area (Å²) >= 11 is 0. The van der Waals surface area contributed by atoms with Gasteiger partial charge in [-0.2, -0.15) is 0 Å². The van der Waals surface area contributed by atoms with Crippen LogP contribution in [-0.2, 0) is 13.5 Å². The van der Waals surface area contributed by atoms with Crippen LogP contribution in [0.3, 0.4) is 0 Å². The molecule has 0 atom stereocenters. The van der Waals surface area contributed by atoms with Gasteiger partial charge >= 0.3 is 0 Å². The lowest BCUT2D eigenvalue weighted by Gasteiger charge is -2.18. The summed E-state index contributed by atoms with van der Waals surface area (Å²) in [6, 6.07) is 20.1. The fourth-order valence-corrected chi connectivity index (χ4v) is 6.42. The largest absolute Gasteiger partial charge is 0.307 e. The SMILES string of the molecule is Cc1c2ccccc2c(C)c2c1c1c3c(cc(CC(C)C)c4c5ccccc5n2c43)nc[n+]1C. The van der Waals surface area contributed by atoms with Crippen LogP contribution in [0.5, 0.6) is 0 Å².